The van der Waals surface area contributed by atoms with E-state index in [-0.39, 0.29) is 5.82 Å². The summed E-state index contributed by atoms with van der Waals surface area (Å²) in [6, 6.07) is 3.05. The molecule has 0 spiro atoms. The number of aryl methyl sites for hydroxylation is 1. The zero-order valence-corrected chi connectivity index (χ0v) is 12.0. The van der Waals surface area contributed by atoms with Crippen molar-refractivity contribution in [1.29, 1.82) is 0 Å². The van der Waals surface area contributed by atoms with Crippen LogP contribution < -0.4 is 5.73 Å². The third-order valence-electron chi connectivity index (χ3n) is 1.76. The number of nitrogens with zero attached hydrogens (tertiary/aromatic N) is 2. The van der Waals surface area contributed by atoms with E-state index in [1.54, 1.807) is 6.07 Å². The molecule has 0 unspecified atom stereocenters. The second-order valence-corrected chi connectivity index (χ2v) is 6.22. The van der Waals surface area contributed by atoms with E-state index in [0.29, 0.717) is 14.2 Å². The smallest absolute Gasteiger partial charge is 0.174 e. The molecule has 2 N–H and O–H groups in total. The number of nitrogens with two attached hydrogens (primary N) is 1. The van der Waals surface area contributed by atoms with Crippen molar-refractivity contribution in [2.75, 3.05) is 5.73 Å². The number of anilines is 1. The highest BCUT2D eigenvalue weighted by Gasteiger charge is 2.09. The molecule has 0 aliphatic heterocycles. The Morgan fingerprint density at radius 3 is 2.88 bits per heavy atom. The lowest BCUT2D eigenvalue weighted by Crippen LogP contribution is -1.92. The molecule has 0 saturated heterocycles. The normalized spacial score (nSPS) is 10.7. The Morgan fingerprint density at radius 2 is 2.25 bits per heavy atom. The predicted molar refractivity (Wildman–Crippen MR) is 72.3 cm³/mol. The van der Waals surface area contributed by atoms with E-state index >= 15 is 0 Å². The van der Waals surface area contributed by atoms with E-state index in [1.165, 1.54) is 29.4 Å². The minimum Gasteiger partial charge on any atom is -0.398 e. The van der Waals surface area contributed by atoms with E-state index in [2.05, 4.69) is 9.36 Å². The van der Waals surface area contributed by atoms with Gasteiger partial charge in [0.05, 0.1) is 3.57 Å². The van der Waals surface area contributed by atoms with Gasteiger partial charge in [-0.2, -0.15) is 4.37 Å². The zero-order valence-electron chi connectivity index (χ0n) is 8.20. The van der Waals surface area contributed by atoms with Gasteiger partial charge >= 0.3 is 0 Å². The van der Waals surface area contributed by atoms with Crippen LogP contribution >= 0.6 is 45.9 Å². The number of hydrogen-bond donors (Lipinski definition) is 1. The molecule has 0 aliphatic carbocycles. The number of halogens is 2. The van der Waals surface area contributed by atoms with Crippen molar-refractivity contribution in [2.45, 2.75) is 16.2 Å². The minimum absolute atomic E-state index is 0.265. The molecule has 0 atom stereocenters. The molecule has 1 aromatic heterocycles. The highest BCUT2D eigenvalue weighted by atomic mass is 127. The predicted octanol–water partition coefficient (Wildman–Crippen LogP) is 3.32. The summed E-state index contributed by atoms with van der Waals surface area (Å²) < 4.78 is 18.7. The largest absolute Gasteiger partial charge is 0.398 e. The van der Waals surface area contributed by atoms with Crippen molar-refractivity contribution in [3.05, 3.63) is 27.3 Å². The van der Waals surface area contributed by atoms with Crippen molar-refractivity contribution < 1.29 is 4.39 Å². The van der Waals surface area contributed by atoms with Crippen molar-refractivity contribution in [3.63, 3.8) is 0 Å². The summed E-state index contributed by atoms with van der Waals surface area (Å²) in [7, 11) is 0. The van der Waals surface area contributed by atoms with E-state index < -0.39 is 0 Å². The first-order valence-corrected chi connectivity index (χ1v) is 6.96. The maximum atomic E-state index is 13.4. The van der Waals surface area contributed by atoms with Gasteiger partial charge in [-0.1, -0.05) is 11.8 Å². The van der Waals surface area contributed by atoms with Crippen LogP contribution in [0.25, 0.3) is 0 Å². The van der Waals surface area contributed by atoms with Gasteiger partial charge in [0.15, 0.2) is 4.34 Å². The van der Waals surface area contributed by atoms with Crippen LogP contribution in [-0.2, 0) is 0 Å². The quantitative estimate of drug-likeness (QED) is 0.654. The SMILES string of the molecule is Cc1nsc(Sc2cc(F)c(I)cc2N)n1. The summed E-state index contributed by atoms with van der Waals surface area (Å²) in [5, 5.41) is 0. The maximum absolute atomic E-state index is 13.4. The van der Waals surface area contributed by atoms with Crippen LogP contribution in [0.5, 0.6) is 0 Å². The summed E-state index contributed by atoms with van der Waals surface area (Å²) in [5.74, 6) is 0.454. The number of rotatable bonds is 2. The average Bonchev–Trinajstić information content (AvgIpc) is 2.60. The summed E-state index contributed by atoms with van der Waals surface area (Å²) >= 11 is 4.53. The zero-order chi connectivity index (χ0) is 11.7. The highest BCUT2D eigenvalue weighted by Crippen LogP contribution is 2.34. The Morgan fingerprint density at radius 1 is 1.50 bits per heavy atom. The molecule has 0 fully saturated rings. The van der Waals surface area contributed by atoms with Crippen LogP contribution in [0.3, 0.4) is 0 Å². The number of nitrogen functional groups attached to an aromatic ring is 1. The molecular formula is C9H7FIN3S2. The monoisotopic (exact) mass is 367 g/mol. The van der Waals surface area contributed by atoms with Crippen LogP contribution in [0.15, 0.2) is 21.4 Å². The van der Waals surface area contributed by atoms with Gasteiger partial charge in [0.1, 0.15) is 11.6 Å². The molecule has 16 heavy (non-hydrogen) atoms. The molecule has 0 amide bonds. The van der Waals surface area contributed by atoms with Crippen molar-refractivity contribution in [1.82, 2.24) is 9.36 Å². The van der Waals surface area contributed by atoms with Gasteiger partial charge in [0.25, 0.3) is 0 Å². The molecule has 0 bridgehead atoms. The van der Waals surface area contributed by atoms with E-state index in [4.69, 9.17) is 5.73 Å². The lowest BCUT2D eigenvalue weighted by atomic mass is 10.3. The number of benzene rings is 1. The molecule has 1 aromatic carbocycles. The van der Waals surface area contributed by atoms with Crippen molar-refractivity contribution in [2.24, 2.45) is 0 Å². The Hall–Kier alpha value is -0.410. The summed E-state index contributed by atoms with van der Waals surface area (Å²) in [6.45, 7) is 1.82. The number of hydrogen-bond acceptors (Lipinski definition) is 5. The first kappa shape index (κ1) is 12.1. The van der Waals surface area contributed by atoms with Crippen LogP contribution in [0.2, 0.25) is 0 Å². The highest BCUT2D eigenvalue weighted by molar-refractivity contribution is 14.1. The molecule has 0 aliphatic rings. The van der Waals surface area contributed by atoms with Crippen LogP contribution in [-0.4, -0.2) is 9.36 Å². The molecular weight excluding hydrogens is 360 g/mol. The Labute approximate surface area is 114 Å². The summed E-state index contributed by atoms with van der Waals surface area (Å²) in [5.41, 5.74) is 6.37. The van der Waals surface area contributed by atoms with Gasteiger partial charge in [0.2, 0.25) is 0 Å². The number of aromatic nitrogens is 2. The molecule has 0 saturated carbocycles. The molecule has 1 heterocycles. The van der Waals surface area contributed by atoms with Gasteiger partial charge in [-0.05, 0) is 53.2 Å². The van der Waals surface area contributed by atoms with Crippen molar-refractivity contribution >= 4 is 51.6 Å². The van der Waals surface area contributed by atoms with Gasteiger partial charge < -0.3 is 5.73 Å². The fourth-order valence-electron chi connectivity index (χ4n) is 1.05. The maximum Gasteiger partial charge on any atom is 0.174 e. The standard InChI is InChI=1S/C9H7FIN3S2/c1-4-13-9(16-14-4)15-8-2-5(10)6(11)3-7(8)12/h2-3H,12H2,1H3. The third-order valence-corrected chi connectivity index (χ3v) is 4.50. The van der Waals surface area contributed by atoms with Crippen LogP contribution in [0, 0.1) is 16.3 Å². The minimum atomic E-state index is -0.265. The van der Waals surface area contributed by atoms with E-state index in [9.17, 15) is 4.39 Å². The molecule has 2 rings (SSSR count). The third kappa shape index (κ3) is 2.64. The summed E-state index contributed by atoms with van der Waals surface area (Å²) in [4.78, 5) is 4.86. The fourth-order valence-corrected chi connectivity index (χ4v) is 3.20. The first-order valence-electron chi connectivity index (χ1n) is 4.29. The van der Waals surface area contributed by atoms with Crippen LogP contribution in [0.4, 0.5) is 10.1 Å². The lowest BCUT2D eigenvalue weighted by molar-refractivity contribution is 0.617. The summed E-state index contributed by atoms with van der Waals surface area (Å²) in [6.07, 6.45) is 0. The molecule has 7 heteroatoms. The second-order valence-electron chi connectivity index (χ2n) is 3.01. The first-order chi connectivity index (χ1) is 7.56. The fraction of sp³-hybridized carbons (Fsp3) is 0.111. The Bertz CT molecular complexity index is 529. The van der Waals surface area contributed by atoms with Crippen molar-refractivity contribution in [3.8, 4) is 0 Å². The van der Waals surface area contributed by atoms with E-state index in [1.807, 2.05) is 29.5 Å². The second kappa shape index (κ2) is 4.84. The molecule has 3 nitrogen and oxygen atoms in total. The van der Waals surface area contributed by atoms with Gasteiger partial charge in [-0.3, -0.25) is 0 Å². The topological polar surface area (TPSA) is 51.8 Å². The lowest BCUT2D eigenvalue weighted by Gasteiger charge is -2.04. The molecule has 0 radical (unpaired) electrons. The molecule has 2 aromatic rings. The Balaban J connectivity index is 2.31. The van der Waals surface area contributed by atoms with Crippen LogP contribution in [0.1, 0.15) is 5.82 Å². The van der Waals surface area contributed by atoms with Gasteiger partial charge in [0, 0.05) is 10.6 Å². The van der Waals surface area contributed by atoms with Gasteiger partial charge in [-0.25, -0.2) is 9.37 Å². The molecule has 84 valence electrons. The van der Waals surface area contributed by atoms with E-state index in [0.717, 1.165) is 10.2 Å². The van der Waals surface area contributed by atoms with Gasteiger partial charge in [-0.15, -0.1) is 0 Å². The average molecular weight is 367 g/mol. The Kier molecular flexibility index (Phi) is 3.65.